The Morgan fingerprint density at radius 3 is 2.40 bits per heavy atom. The third kappa shape index (κ3) is 3.51. The maximum Gasteiger partial charge on any atom is 0.417 e. The van der Waals surface area contributed by atoms with Gasteiger partial charge in [0.1, 0.15) is 0 Å². The van der Waals surface area contributed by atoms with Gasteiger partial charge >= 0.3 is 12.1 Å². The Labute approximate surface area is 144 Å². The molecule has 0 fully saturated rings. The van der Waals surface area contributed by atoms with Gasteiger partial charge in [-0.2, -0.15) is 13.2 Å². The fourth-order valence-electron chi connectivity index (χ4n) is 2.34. The third-order valence-electron chi connectivity index (χ3n) is 3.55. The van der Waals surface area contributed by atoms with Crippen LogP contribution in [0.1, 0.15) is 15.9 Å². The van der Waals surface area contributed by atoms with E-state index in [4.69, 9.17) is 16.7 Å². The molecule has 0 aliphatic rings. The van der Waals surface area contributed by atoms with Gasteiger partial charge in [0.15, 0.2) is 0 Å². The second kappa shape index (κ2) is 6.25. The van der Waals surface area contributed by atoms with Crippen molar-refractivity contribution in [3.8, 4) is 0 Å². The number of aromatic nitrogens is 1. The van der Waals surface area contributed by atoms with Crippen LogP contribution in [0.3, 0.4) is 0 Å². The van der Waals surface area contributed by atoms with Crippen molar-refractivity contribution in [3.05, 3.63) is 64.8 Å². The maximum atomic E-state index is 13.0. The van der Waals surface area contributed by atoms with Crippen molar-refractivity contribution in [1.82, 2.24) is 4.98 Å². The molecule has 0 saturated heterocycles. The molecule has 0 radical (unpaired) electrons. The fraction of sp³-hybridized carbons (Fsp3) is 0.0588. The molecule has 0 aliphatic carbocycles. The standard InChI is InChI=1S/C17H10ClF3N2O2/c18-13-7-11-14(23-10-3-1-9(2-4-10)16(24)25)5-6-22-15(11)8-12(13)17(19,20)21/h1-8H,(H,22,23)(H,24,25). The average Bonchev–Trinajstić information content (AvgIpc) is 2.54. The number of alkyl halides is 3. The van der Waals surface area contributed by atoms with Crippen LogP contribution in [0.15, 0.2) is 48.7 Å². The molecule has 25 heavy (non-hydrogen) atoms. The summed E-state index contributed by atoms with van der Waals surface area (Å²) in [7, 11) is 0. The summed E-state index contributed by atoms with van der Waals surface area (Å²) in [6, 6.07) is 9.66. The van der Waals surface area contributed by atoms with E-state index in [0.29, 0.717) is 16.8 Å². The van der Waals surface area contributed by atoms with Crippen LogP contribution in [0.2, 0.25) is 5.02 Å². The Bertz CT molecular complexity index is 957. The fourth-order valence-corrected chi connectivity index (χ4v) is 2.61. The molecular weight excluding hydrogens is 357 g/mol. The molecule has 1 aromatic heterocycles. The first-order chi connectivity index (χ1) is 11.8. The van der Waals surface area contributed by atoms with Crippen LogP contribution < -0.4 is 5.32 Å². The molecule has 0 saturated carbocycles. The maximum absolute atomic E-state index is 13.0. The molecule has 1 heterocycles. The van der Waals surface area contributed by atoms with Gasteiger partial charge in [-0.25, -0.2) is 4.79 Å². The molecule has 2 aromatic carbocycles. The first-order valence-electron chi connectivity index (χ1n) is 7.01. The zero-order valence-corrected chi connectivity index (χ0v) is 13.2. The van der Waals surface area contributed by atoms with Crippen LogP contribution in [-0.2, 0) is 6.18 Å². The van der Waals surface area contributed by atoms with E-state index in [1.54, 1.807) is 18.2 Å². The highest BCUT2D eigenvalue weighted by atomic mass is 35.5. The minimum Gasteiger partial charge on any atom is -0.478 e. The Hall–Kier alpha value is -2.80. The van der Waals surface area contributed by atoms with Crippen LogP contribution >= 0.6 is 11.6 Å². The number of carboxylic acid groups (broad SMARTS) is 1. The van der Waals surface area contributed by atoms with E-state index in [-0.39, 0.29) is 11.1 Å². The number of carboxylic acids is 1. The molecule has 0 spiro atoms. The number of benzene rings is 2. The number of nitrogens with one attached hydrogen (secondary N) is 1. The lowest BCUT2D eigenvalue weighted by Gasteiger charge is -2.13. The minimum atomic E-state index is -4.57. The van der Waals surface area contributed by atoms with Gasteiger partial charge in [-0.05, 0) is 42.5 Å². The average molecular weight is 367 g/mol. The van der Waals surface area contributed by atoms with Gasteiger partial charge in [0, 0.05) is 23.0 Å². The van der Waals surface area contributed by atoms with E-state index in [1.807, 2.05) is 0 Å². The van der Waals surface area contributed by atoms with E-state index in [1.165, 1.54) is 24.4 Å². The van der Waals surface area contributed by atoms with Crippen molar-refractivity contribution < 1.29 is 23.1 Å². The highest BCUT2D eigenvalue weighted by molar-refractivity contribution is 6.32. The third-order valence-corrected chi connectivity index (χ3v) is 3.86. The molecule has 3 aromatic rings. The molecule has 0 amide bonds. The lowest BCUT2D eigenvalue weighted by molar-refractivity contribution is -0.137. The summed E-state index contributed by atoms with van der Waals surface area (Å²) in [5.74, 6) is -1.05. The molecule has 2 N–H and O–H groups in total. The van der Waals surface area contributed by atoms with Gasteiger partial charge in [-0.1, -0.05) is 11.6 Å². The van der Waals surface area contributed by atoms with Crippen LogP contribution in [0.25, 0.3) is 10.9 Å². The number of nitrogens with zero attached hydrogens (tertiary/aromatic N) is 1. The van der Waals surface area contributed by atoms with Crippen molar-refractivity contribution in [2.75, 3.05) is 5.32 Å². The summed E-state index contributed by atoms with van der Waals surface area (Å²) < 4.78 is 38.9. The van der Waals surface area contributed by atoms with Crippen LogP contribution in [-0.4, -0.2) is 16.1 Å². The van der Waals surface area contributed by atoms with Crippen LogP contribution in [0, 0.1) is 0 Å². The van der Waals surface area contributed by atoms with E-state index >= 15 is 0 Å². The summed E-state index contributed by atoms with van der Waals surface area (Å²) in [4.78, 5) is 14.8. The second-order valence-corrected chi connectivity index (χ2v) is 5.62. The molecule has 4 nitrogen and oxygen atoms in total. The number of carbonyl (C=O) groups is 1. The monoisotopic (exact) mass is 366 g/mol. The van der Waals surface area contributed by atoms with Crippen molar-refractivity contribution in [3.63, 3.8) is 0 Å². The number of aromatic carboxylic acids is 1. The second-order valence-electron chi connectivity index (χ2n) is 5.21. The van der Waals surface area contributed by atoms with Crippen molar-refractivity contribution in [2.24, 2.45) is 0 Å². The smallest absolute Gasteiger partial charge is 0.417 e. The van der Waals surface area contributed by atoms with Gasteiger partial charge < -0.3 is 10.4 Å². The van der Waals surface area contributed by atoms with E-state index in [2.05, 4.69) is 10.3 Å². The molecule has 0 unspecified atom stereocenters. The Balaban J connectivity index is 2.02. The quantitative estimate of drug-likeness (QED) is 0.656. The summed E-state index contributed by atoms with van der Waals surface area (Å²) >= 11 is 5.78. The van der Waals surface area contributed by atoms with Crippen molar-refractivity contribution >= 4 is 39.8 Å². The zero-order chi connectivity index (χ0) is 18.2. The topological polar surface area (TPSA) is 62.2 Å². The number of rotatable bonds is 3. The van der Waals surface area contributed by atoms with Gasteiger partial charge in [-0.3, -0.25) is 4.98 Å². The summed E-state index contributed by atoms with van der Waals surface area (Å²) in [5.41, 5.74) is 0.404. The van der Waals surface area contributed by atoms with Gasteiger partial charge in [-0.15, -0.1) is 0 Å². The molecule has 128 valence electrons. The predicted octanol–water partition coefficient (Wildman–Crippen LogP) is 5.35. The van der Waals surface area contributed by atoms with E-state index in [9.17, 15) is 18.0 Å². The normalized spacial score (nSPS) is 11.5. The van der Waals surface area contributed by atoms with E-state index in [0.717, 1.165) is 6.07 Å². The van der Waals surface area contributed by atoms with E-state index < -0.39 is 22.7 Å². The molecular formula is C17H10ClF3N2O2. The van der Waals surface area contributed by atoms with Crippen LogP contribution in [0.5, 0.6) is 0 Å². The lowest BCUT2D eigenvalue weighted by Crippen LogP contribution is -2.06. The Morgan fingerprint density at radius 1 is 1.12 bits per heavy atom. The molecule has 0 bridgehead atoms. The Kier molecular flexibility index (Phi) is 4.26. The molecule has 0 aliphatic heterocycles. The van der Waals surface area contributed by atoms with Gasteiger partial charge in [0.25, 0.3) is 0 Å². The number of hydrogen-bond acceptors (Lipinski definition) is 3. The summed E-state index contributed by atoms with van der Waals surface area (Å²) in [6.07, 6.45) is -3.19. The minimum absolute atomic E-state index is 0.128. The predicted molar refractivity (Wildman–Crippen MR) is 88.4 cm³/mol. The highest BCUT2D eigenvalue weighted by Crippen LogP contribution is 2.38. The van der Waals surface area contributed by atoms with Crippen molar-refractivity contribution in [1.29, 1.82) is 0 Å². The zero-order valence-electron chi connectivity index (χ0n) is 12.4. The van der Waals surface area contributed by atoms with Gasteiger partial charge in [0.05, 0.1) is 21.7 Å². The van der Waals surface area contributed by atoms with Gasteiger partial charge in [0.2, 0.25) is 0 Å². The number of fused-ring (bicyclic) bond motifs is 1. The Morgan fingerprint density at radius 2 is 1.80 bits per heavy atom. The molecule has 0 atom stereocenters. The number of hydrogen-bond donors (Lipinski definition) is 2. The molecule has 8 heteroatoms. The van der Waals surface area contributed by atoms with Crippen LogP contribution in [0.4, 0.5) is 24.5 Å². The SMILES string of the molecule is O=C(O)c1ccc(Nc2ccnc3cc(C(F)(F)F)c(Cl)cc23)cc1. The summed E-state index contributed by atoms with van der Waals surface area (Å²) in [5, 5.41) is 11.9. The number of halogens is 4. The van der Waals surface area contributed by atoms with Crippen molar-refractivity contribution in [2.45, 2.75) is 6.18 Å². The highest BCUT2D eigenvalue weighted by Gasteiger charge is 2.33. The first kappa shape index (κ1) is 17.0. The number of pyridine rings is 1. The molecule has 3 rings (SSSR count). The first-order valence-corrected chi connectivity index (χ1v) is 7.39. The summed E-state index contributed by atoms with van der Waals surface area (Å²) in [6.45, 7) is 0. The lowest BCUT2D eigenvalue weighted by atomic mass is 10.1. The number of anilines is 2. The largest absolute Gasteiger partial charge is 0.478 e.